The molecule has 0 bridgehead atoms. The topological polar surface area (TPSA) is 139 Å². The molecule has 0 saturated heterocycles. The molecule has 0 N–H and O–H groups in total. The fourth-order valence-corrected chi connectivity index (χ4v) is 2.40. The maximum Gasteiger partial charge on any atom is 0.338 e. The van der Waals surface area contributed by atoms with Gasteiger partial charge in [0.05, 0.1) is 50.7 Å². The number of rotatable bonds is 6. The SMILES string of the molecule is COC(=O)c1ccc(C=O)cc1C(=O)OC.COC(=O)c1ccc(C=O)cc1C(=O)OC. The predicted molar refractivity (Wildman–Crippen MR) is 109 cm³/mol. The Morgan fingerprint density at radius 2 is 0.812 bits per heavy atom. The molecule has 0 aliphatic rings. The molecule has 0 spiro atoms. The van der Waals surface area contributed by atoms with Crippen LogP contribution in [0.2, 0.25) is 0 Å². The number of hydrogen-bond donors (Lipinski definition) is 0. The van der Waals surface area contributed by atoms with E-state index in [0.717, 1.165) is 0 Å². The van der Waals surface area contributed by atoms with Gasteiger partial charge in [-0.15, -0.1) is 0 Å². The molecule has 0 saturated carbocycles. The first kappa shape index (κ1) is 25.7. The van der Waals surface area contributed by atoms with E-state index in [4.69, 9.17) is 0 Å². The van der Waals surface area contributed by atoms with Crippen LogP contribution >= 0.6 is 0 Å². The number of carbonyl (C=O) groups excluding carboxylic acids is 6. The van der Waals surface area contributed by atoms with E-state index >= 15 is 0 Å². The van der Waals surface area contributed by atoms with E-state index in [-0.39, 0.29) is 33.4 Å². The van der Waals surface area contributed by atoms with E-state index in [1.54, 1.807) is 0 Å². The highest BCUT2D eigenvalue weighted by Crippen LogP contribution is 2.15. The second kappa shape index (κ2) is 12.4. The zero-order chi connectivity index (χ0) is 24.3. The molecule has 2 aromatic rings. The second-order valence-electron chi connectivity index (χ2n) is 5.81. The van der Waals surface area contributed by atoms with Crippen molar-refractivity contribution in [1.82, 2.24) is 0 Å². The van der Waals surface area contributed by atoms with Crippen LogP contribution in [0.3, 0.4) is 0 Å². The monoisotopic (exact) mass is 444 g/mol. The van der Waals surface area contributed by atoms with Gasteiger partial charge in [0.1, 0.15) is 12.6 Å². The van der Waals surface area contributed by atoms with Crippen molar-refractivity contribution in [2.24, 2.45) is 0 Å². The summed E-state index contributed by atoms with van der Waals surface area (Å²) in [5.41, 5.74) is 0.735. The molecule has 0 amide bonds. The highest BCUT2D eigenvalue weighted by atomic mass is 16.5. The fraction of sp³-hybridized carbons (Fsp3) is 0.182. The van der Waals surface area contributed by atoms with Crippen molar-refractivity contribution >= 4 is 36.4 Å². The van der Waals surface area contributed by atoms with Gasteiger partial charge in [-0.1, -0.05) is 12.1 Å². The van der Waals surface area contributed by atoms with Gasteiger partial charge in [-0.2, -0.15) is 0 Å². The molecule has 0 aliphatic heterocycles. The first-order valence-corrected chi connectivity index (χ1v) is 8.79. The lowest BCUT2D eigenvalue weighted by Gasteiger charge is -2.06. The summed E-state index contributed by atoms with van der Waals surface area (Å²) >= 11 is 0. The van der Waals surface area contributed by atoms with Gasteiger partial charge in [-0.05, 0) is 24.3 Å². The zero-order valence-electron chi connectivity index (χ0n) is 17.7. The number of hydrogen-bond acceptors (Lipinski definition) is 10. The Morgan fingerprint density at radius 3 is 1.06 bits per heavy atom. The molecular formula is C22H20O10. The third-order valence-electron chi connectivity index (χ3n) is 3.98. The van der Waals surface area contributed by atoms with E-state index in [1.807, 2.05) is 0 Å². The normalized spacial score (nSPS) is 9.38. The predicted octanol–water partition coefficient (Wildman–Crippen LogP) is 2.14. The highest BCUT2D eigenvalue weighted by Gasteiger charge is 2.19. The van der Waals surface area contributed by atoms with Crippen LogP contribution in [-0.4, -0.2) is 64.9 Å². The van der Waals surface area contributed by atoms with Gasteiger partial charge < -0.3 is 18.9 Å². The summed E-state index contributed by atoms with van der Waals surface area (Å²) in [4.78, 5) is 66.5. The summed E-state index contributed by atoms with van der Waals surface area (Å²) in [6, 6.07) is 8.11. The fourth-order valence-electron chi connectivity index (χ4n) is 2.40. The summed E-state index contributed by atoms with van der Waals surface area (Å²) in [5, 5.41) is 0. The molecule has 0 aromatic heterocycles. The van der Waals surface area contributed by atoms with Crippen LogP contribution in [0.5, 0.6) is 0 Å². The van der Waals surface area contributed by atoms with E-state index in [0.29, 0.717) is 12.6 Å². The van der Waals surface area contributed by atoms with Gasteiger partial charge >= 0.3 is 23.9 Å². The number of methoxy groups -OCH3 is 4. The maximum absolute atomic E-state index is 11.4. The van der Waals surface area contributed by atoms with Crippen molar-refractivity contribution in [2.75, 3.05) is 28.4 Å². The van der Waals surface area contributed by atoms with Crippen molar-refractivity contribution in [1.29, 1.82) is 0 Å². The number of benzene rings is 2. The van der Waals surface area contributed by atoms with Gasteiger partial charge in [0.2, 0.25) is 0 Å². The first-order valence-electron chi connectivity index (χ1n) is 8.79. The molecule has 0 heterocycles. The van der Waals surface area contributed by atoms with Crippen LogP contribution in [0, 0.1) is 0 Å². The molecular weight excluding hydrogens is 424 g/mol. The molecule has 0 unspecified atom stereocenters. The molecule has 0 fully saturated rings. The van der Waals surface area contributed by atoms with Crippen LogP contribution in [0.4, 0.5) is 0 Å². The van der Waals surface area contributed by atoms with Crippen molar-refractivity contribution in [3.05, 3.63) is 69.8 Å². The Balaban J connectivity index is 0.000000320. The van der Waals surface area contributed by atoms with Gasteiger partial charge in [-0.25, -0.2) is 19.2 Å². The smallest absolute Gasteiger partial charge is 0.338 e. The third-order valence-corrected chi connectivity index (χ3v) is 3.98. The van der Waals surface area contributed by atoms with E-state index < -0.39 is 23.9 Å². The van der Waals surface area contributed by atoms with Crippen LogP contribution in [0.25, 0.3) is 0 Å². The molecule has 2 rings (SSSR count). The molecule has 168 valence electrons. The van der Waals surface area contributed by atoms with Gasteiger partial charge in [-0.3, -0.25) is 9.59 Å². The van der Waals surface area contributed by atoms with Crippen LogP contribution in [-0.2, 0) is 18.9 Å². The van der Waals surface area contributed by atoms with Crippen molar-refractivity contribution in [3.63, 3.8) is 0 Å². The van der Waals surface area contributed by atoms with Crippen molar-refractivity contribution in [3.8, 4) is 0 Å². The average molecular weight is 444 g/mol. The lowest BCUT2D eigenvalue weighted by molar-refractivity contribution is 0.0555. The minimum absolute atomic E-state index is 0.0129. The lowest BCUT2D eigenvalue weighted by Crippen LogP contribution is -2.12. The van der Waals surface area contributed by atoms with E-state index in [2.05, 4.69) is 18.9 Å². The molecule has 10 nitrogen and oxygen atoms in total. The van der Waals surface area contributed by atoms with Crippen molar-refractivity contribution in [2.45, 2.75) is 0 Å². The quantitative estimate of drug-likeness (QED) is 0.370. The summed E-state index contributed by atoms with van der Waals surface area (Å²) in [7, 11) is 4.79. The van der Waals surface area contributed by atoms with Crippen LogP contribution in [0.15, 0.2) is 36.4 Å². The third kappa shape index (κ3) is 6.33. The van der Waals surface area contributed by atoms with Gasteiger partial charge in [0, 0.05) is 11.1 Å². The summed E-state index contributed by atoms with van der Waals surface area (Å²) < 4.78 is 18.0. The van der Waals surface area contributed by atoms with Gasteiger partial charge in [0.25, 0.3) is 0 Å². The zero-order valence-corrected chi connectivity index (χ0v) is 17.7. The largest absolute Gasteiger partial charge is 0.465 e. The Kier molecular flexibility index (Phi) is 9.94. The van der Waals surface area contributed by atoms with Crippen molar-refractivity contribution < 1.29 is 47.7 Å². The first-order chi connectivity index (χ1) is 15.3. The van der Waals surface area contributed by atoms with Crippen LogP contribution < -0.4 is 0 Å². The van der Waals surface area contributed by atoms with E-state index in [1.165, 1.54) is 64.8 Å². The Morgan fingerprint density at radius 1 is 0.531 bits per heavy atom. The van der Waals surface area contributed by atoms with E-state index in [9.17, 15) is 28.8 Å². The molecule has 32 heavy (non-hydrogen) atoms. The number of aldehydes is 2. The molecule has 2 aromatic carbocycles. The standard InChI is InChI=1S/2C11H10O5/c2*1-15-10(13)8-4-3-7(6-12)5-9(8)11(14)16-2/h2*3-6H,1-2H3. The lowest BCUT2D eigenvalue weighted by atomic mass is 10.0. The Labute approximate surface area is 183 Å². The van der Waals surface area contributed by atoms with Crippen LogP contribution in [0.1, 0.15) is 62.1 Å². The summed E-state index contributed by atoms with van der Waals surface area (Å²) in [5.74, 6) is -2.69. The molecule has 0 atom stereocenters. The number of esters is 4. The summed E-state index contributed by atoms with van der Waals surface area (Å²) in [6.07, 6.45) is 1.15. The minimum atomic E-state index is -0.691. The Bertz CT molecular complexity index is 956. The maximum atomic E-state index is 11.4. The minimum Gasteiger partial charge on any atom is -0.465 e. The Hall–Kier alpha value is -4.34. The van der Waals surface area contributed by atoms with Gasteiger partial charge in [0.15, 0.2) is 0 Å². The number of ether oxygens (including phenoxy) is 4. The average Bonchev–Trinajstić information content (AvgIpc) is 2.86. The number of carbonyl (C=O) groups is 6. The molecule has 0 radical (unpaired) electrons. The highest BCUT2D eigenvalue weighted by molar-refractivity contribution is 6.05. The second-order valence-corrected chi connectivity index (χ2v) is 5.81. The summed E-state index contributed by atoms with van der Waals surface area (Å²) in [6.45, 7) is 0. The molecule has 10 heteroatoms. The molecule has 0 aliphatic carbocycles.